The molecule has 3 aromatic rings. The van der Waals surface area contributed by atoms with Crippen LogP contribution in [-0.4, -0.2) is 23.9 Å². The maximum Gasteiger partial charge on any atom is 0.296 e. The van der Waals surface area contributed by atoms with Crippen molar-refractivity contribution in [3.63, 3.8) is 0 Å². The molecule has 1 saturated heterocycles. The molecule has 0 spiro atoms. The molecule has 32 heavy (non-hydrogen) atoms. The first-order valence-electron chi connectivity index (χ1n) is 11.1. The van der Waals surface area contributed by atoms with E-state index in [1.807, 2.05) is 48.5 Å². The van der Waals surface area contributed by atoms with Gasteiger partial charge in [-0.2, -0.15) is 0 Å². The van der Waals surface area contributed by atoms with Gasteiger partial charge in [0.2, 0.25) is 0 Å². The Balaban J connectivity index is 1.26. The number of nitrogens with zero attached hydrogens (tertiary/aromatic N) is 1. The van der Waals surface area contributed by atoms with Crippen molar-refractivity contribution < 1.29 is 4.79 Å². The predicted molar refractivity (Wildman–Crippen MR) is 131 cm³/mol. The Hall–Kier alpha value is -3.06. The van der Waals surface area contributed by atoms with E-state index in [2.05, 4.69) is 46.3 Å². The molecule has 1 fully saturated rings. The van der Waals surface area contributed by atoms with Gasteiger partial charge in [0, 0.05) is 29.6 Å². The zero-order valence-electron chi connectivity index (χ0n) is 18.1. The molecular weight excluding hydrogens is 416 g/mol. The lowest BCUT2D eigenvalue weighted by atomic mass is 10.0. The van der Waals surface area contributed by atoms with Crippen LogP contribution >= 0.6 is 11.6 Å². The summed E-state index contributed by atoms with van der Waals surface area (Å²) in [6, 6.07) is 24.0. The average Bonchev–Trinajstić information content (AvgIpc) is 2.84. The minimum atomic E-state index is -0.274. The lowest BCUT2D eigenvalue weighted by molar-refractivity contribution is -0.115. The van der Waals surface area contributed by atoms with Crippen LogP contribution < -0.4 is 5.32 Å². The molecule has 1 heterocycles. The summed E-state index contributed by atoms with van der Waals surface area (Å²) in [6.45, 7) is 3.88. The zero-order valence-corrected chi connectivity index (χ0v) is 18.9. The summed E-state index contributed by atoms with van der Waals surface area (Å²) in [7, 11) is 0. The molecule has 3 nitrogen and oxygen atoms in total. The van der Waals surface area contributed by atoms with Gasteiger partial charge in [-0.25, -0.2) is 0 Å². The Morgan fingerprint density at radius 1 is 0.812 bits per heavy atom. The number of hydrogen-bond donors (Lipinski definition) is 1. The molecule has 0 atom stereocenters. The molecule has 0 aromatic heterocycles. The number of hydrogen-bond acceptors (Lipinski definition) is 2. The lowest BCUT2D eigenvalue weighted by Gasteiger charge is -2.26. The van der Waals surface area contributed by atoms with Gasteiger partial charge in [0.05, 0.1) is 0 Å². The summed E-state index contributed by atoms with van der Waals surface area (Å²) < 4.78 is 0. The van der Waals surface area contributed by atoms with E-state index in [4.69, 9.17) is 11.6 Å². The summed E-state index contributed by atoms with van der Waals surface area (Å²) in [5.41, 5.74) is 5.38. The number of benzene rings is 3. The van der Waals surface area contributed by atoms with E-state index in [9.17, 15) is 4.79 Å². The molecule has 1 amide bonds. The van der Waals surface area contributed by atoms with Crippen LogP contribution in [0.4, 0.5) is 0 Å². The number of rotatable bonds is 5. The van der Waals surface area contributed by atoms with Gasteiger partial charge in [-0.05, 0) is 72.5 Å². The monoisotopic (exact) mass is 442 g/mol. The van der Waals surface area contributed by atoms with Crippen LogP contribution in [0.1, 0.15) is 36.0 Å². The van der Waals surface area contributed by atoms with Crippen LogP contribution in [0.2, 0.25) is 5.02 Å². The number of piperidine rings is 1. The summed E-state index contributed by atoms with van der Waals surface area (Å²) in [5, 5.41) is 3.60. The number of likely N-dealkylation sites (tertiary alicyclic amines) is 1. The normalized spacial score (nSPS) is 13.8. The second-order valence-corrected chi connectivity index (χ2v) is 8.61. The van der Waals surface area contributed by atoms with Crippen molar-refractivity contribution >= 4 is 17.5 Å². The van der Waals surface area contributed by atoms with Crippen molar-refractivity contribution in [3.05, 3.63) is 94.5 Å². The number of halogens is 1. The first-order chi connectivity index (χ1) is 15.7. The summed E-state index contributed by atoms with van der Waals surface area (Å²) in [5.74, 6) is 5.34. The molecule has 0 radical (unpaired) electrons. The highest BCUT2D eigenvalue weighted by Gasteiger charge is 2.10. The zero-order chi connectivity index (χ0) is 22.2. The van der Waals surface area contributed by atoms with E-state index < -0.39 is 0 Å². The molecule has 162 valence electrons. The van der Waals surface area contributed by atoms with E-state index in [-0.39, 0.29) is 5.91 Å². The van der Waals surface area contributed by atoms with Crippen molar-refractivity contribution in [2.24, 2.45) is 0 Å². The third-order valence-corrected chi connectivity index (χ3v) is 5.97. The molecule has 0 saturated carbocycles. The van der Waals surface area contributed by atoms with Crippen LogP contribution in [0.15, 0.2) is 72.8 Å². The van der Waals surface area contributed by atoms with Crippen molar-refractivity contribution in [1.29, 1.82) is 0 Å². The molecule has 4 heteroatoms. The van der Waals surface area contributed by atoms with Gasteiger partial charge in [-0.3, -0.25) is 9.69 Å². The molecule has 1 N–H and O–H groups in total. The Kier molecular flexibility index (Phi) is 7.61. The summed E-state index contributed by atoms with van der Waals surface area (Å²) >= 11 is 5.94. The van der Waals surface area contributed by atoms with E-state index in [1.165, 1.54) is 37.9 Å². The van der Waals surface area contributed by atoms with Gasteiger partial charge in [-0.1, -0.05) is 72.5 Å². The molecule has 0 bridgehead atoms. The van der Waals surface area contributed by atoms with E-state index >= 15 is 0 Å². The SMILES string of the molecule is O=C(C#Cc1ccc(-c2ccc(Cl)cc2)cc1)NCc1ccc(CN2CCCCC2)cc1. The lowest BCUT2D eigenvalue weighted by Crippen LogP contribution is -2.29. The van der Waals surface area contributed by atoms with Gasteiger partial charge in [-0.15, -0.1) is 0 Å². The van der Waals surface area contributed by atoms with Gasteiger partial charge in [0.1, 0.15) is 0 Å². The van der Waals surface area contributed by atoms with Crippen LogP contribution in [-0.2, 0) is 17.9 Å². The van der Waals surface area contributed by atoms with Crippen molar-refractivity contribution in [2.45, 2.75) is 32.4 Å². The van der Waals surface area contributed by atoms with E-state index in [0.29, 0.717) is 6.54 Å². The van der Waals surface area contributed by atoms with Crippen molar-refractivity contribution in [1.82, 2.24) is 10.2 Å². The fraction of sp³-hybridized carbons (Fsp3) is 0.250. The minimum Gasteiger partial charge on any atom is -0.341 e. The smallest absolute Gasteiger partial charge is 0.296 e. The molecule has 0 aliphatic carbocycles. The highest BCUT2D eigenvalue weighted by molar-refractivity contribution is 6.30. The Morgan fingerprint density at radius 2 is 1.41 bits per heavy atom. The Labute approximate surface area is 195 Å². The molecule has 3 aromatic carbocycles. The second-order valence-electron chi connectivity index (χ2n) is 8.17. The Bertz CT molecular complexity index is 1090. The predicted octanol–water partition coefficient (Wildman–Crippen LogP) is 5.66. The maximum atomic E-state index is 12.1. The highest BCUT2D eigenvalue weighted by Crippen LogP contribution is 2.21. The molecule has 1 aliphatic rings. The number of carbonyl (C=O) groups excluding carboxylic acids is 1. The average molecular weight is 443 g/mol. The fourth-order valence-corrected chi connectivity index (χ4v) is 4.01. The molecule has 4 rings (SSSR count). The Morgan fingerprint density at radius 3 is 2.06 bits per heavy atom. The van der Waals surface area contributed by atoms with Crippen LogP contribution in [0, 0.1) is 11.8 Å². The highest BCUT2D eigenvalue weighted by atomic mass is 35.5. The largest absolute Gasteiger partial charge is 0.341 e. The topological polar surface area (TPSA) is 32.3 Å². The third-order valence-electron chi connectivity index (χ3n) is 5.71. The second kappa shape index (κ2) is 11.0. The first kappa shape index (κ1) is 22.1. The molecule has 1 aliphatic heterocycles. The van der Waals surface area contributed by atoms with Crippen molar-refractivity contribution in [2.75, 3.05) is 13.1 Å². The van der Waals surface area contributed by atoms with Crippen LogP contribution in [0.3, 0.4) is 0 Å². The third kappa shape index (κ3) is 6.47. The standard InChI is InChI=1S/C28H27ClN2O/c29-27-15-13-26(14-16-27)25-11-8-22(9-12-25)10-17-28(32)30-20-23-4-6-24(7-5-23)21-31-18-2-1-3-19-31/h4-9,11-16H,1-3,18-21H2,(H,30,32). The van der Waals surface area contributed by atoms with Crippen LogP contribution in [0.5, 0.6) is 0 Å². The van der Waals surface area contributed by atoms with E-state index in [0.717, 1.165) is 33.8 Å². The molecular formula is C28H27ClN2O. The number of carbonyl (C=O) groups is 1. The fourth-order valence-electron chi connectivity index (χ4n) is 3.88. The number of nitrogens with one attached hydrogen (secondary N) is 1. The minimum absolute atomic E-state index is 0.274. The quantitative estimate of drug-likeness (QED) is 0.517. The van der Waals surface area contributed by atoms with Gasteiger partial charge in [0.15, 0.2) is 0 Å². The maximum absolute atomic E-state index is 12.1. The van der Waals surface area contributed by atoms with Crippen LogP contribution in [0.25, 0.3) is 11.1 Å². The van der Waals surface area contributed by atoms with Crippen molar-refractivity contribution in [3.8, 4) is 23.0 Å². The first-order valence-corrected chi connectivity index (χ1v) is 11.5. The van der Waals surface area contributed by atoms with E-state index in [1.54, 1.807) is 0 Å². The van der Waals surface area contributed by atoms with Gasteiger partial charge in [0.25, 0.3) is 5.91 Å². The summed E-state index contributed by atoms with van der Waals surface area (Å²) in [4.78, 5) is 14.6. The number of amides is 1. The molecule has 0 unspecified atom stereocenters. The van der Waals surface area contributed by atoms with Gasteiger partial charge >= 0.3 is 0 Å². The summed E-state index contributed by atoms with van der Waals surface area (Å²) in [6.07, 6.45) is 3.96. The van der Waals surface area contributed by atoms with Gasteiger partial charge < -0.3 is 5.32 Å².